The Bertz CT molecular complexity index is 2820. The number of anilines is 3. The van der Waals surface area contributed by atoms with Crippen LogP contribution in [0.25, 0.3) is 71.3 Å². The SMILES string of the molecule is c1ccc(-c2ccc(N(c3ccc4c(c3)c3ccccc3n4-c3ccccc3)c3nccc4c3oc3cc5ccccc5cc34)cc2)cc1. The number of hydrogen-bond acceptors (Lipinski definition) is 3. The van der Waals surface area contributed by atoms with Crippen LogP contribution in [0.3, 0.4) is 0 Å². The second-order valence-corrected chi connectivity index (χ2v) is 12.4. The van der Waals surface area contributed by atoms with Crippen LogP contribution in [0.4, 0.5) is 17.2 Å². The molecule has 3 aromatic heterocycles. The van der Waals surface area contributed by atoms with Crippen molar-refractivity contribution in [2.75, 3.05) is 4.90 Å². The zero-order valence-electron chi connectivity index (χ0n) is 26.5. The van der Waals surface area contributed by atoms with Gasteiger partial charge in [-0.2, -0.15) is 0 Å². The molecule has 7 aromatic carbocycles. The van der Waals surface area contributed by atoms with Gasteiger partial charge in [-0.15, -0.1) is 0 Å². The normalized spacial score (nSPS) is 11.7. The summed E-state index contributed by atoms with van der Waals surface area (Å²) in [5.74, 6) is 0.747. The van der Waals surface area contributed by atoms with Gasteiger partial charge in [0.25, 0.3) is 0 Å². The second kappa shape index (κ2) is 11.0. The lowest BCUT2D eigenvalue weighted by molar-refractivity contribution is 0.667. The molecule has 3 heterocycles. The van der Waals surface area contributed by atoms with Crippen molar-refractivity contribution >= 4 is 71.7 Å². The number of hydrogen-bond donors (Lipinski definition) is 0. The molecular formula is C45H29N3O. The summed E-state index contributed by atoms with van der Waals surface area (Å²) in [6.45, 7) is 0. The molecule has 0 radical (unpaired) electrons. The lowest BCUT2D eigenvalue weighted by Gasteiger charge is -2.25. The van der Waals surface area contributed by atoms with Gasteiger partial charge < -0.3 is 8.98 Å². The van der Waals surface area contributed by atoms with E-state index in [4.69, 9.17) is 9.40 Å². The van der Waals surface area contributed by atoms with Crippen LogP contribution >= 0.6 is 0 Å². The van der Waals surface area contributed by atoms with Crippen molar-refractivity contribution < 1.29 is 4.42 Å². The molecule has 0 aliphatic heterocycles. The number of fused-ring (bicyclic) bond motifs is 7. The van der Waals surface area contributed by atoms with E-state index in [-0.39, 0.29) is 0 Å². The summed E-state index contributed by atoms with van der Waals surface area (Å²) in [7, 11) is 0. The van der Waals surface area contributed by atoms with Crippen molar-refractivity contribution in [3.8, 4) is 16.8 Å². The minimum atomic E-state index is 0.747. The summed E-state index contributed by atoms with van der Waals surface area (Å²) >= 11 is 0. The summed E-state index contributed by atoms with van der Waals surface area (Å²) in [6.07, 6.45) is 1.90. The lowest BCUT2D eigenvalue weighted by Crippen LogP contribution is -2.11. The third-order valence-corrected chi connectivity index (χ3v) is 9.61. The van der Waals surface area contributed by atoms with Gasteiger partial charge in [-0.3, -0.25) is 4.90 Å². The molecule has 10 rings (SSSR count). The molecule has 0 fully saturated rings. The summed E-state index contributed by atoms with van der Waals surface area (Å²) < 4.78 is 9.06. The largest absolute Gasteiger partial charge is 0.452 e. The van der Waals surface area contributed by atoms with Crippen molar-refractivity contribution in [1.29, 1.82) is 0 Å². The monoisotopic (exact) mass is 627 g/mol. The molecule has 4 nitrogen and oxygen atoms in total. The molecule has 0 amide bonds. The van der Waals surface area contributed by atoms with Crippen LogP contribution in [0.5, 0.6) is 0 Å². The first-order valence-corrected chi connectivity index (χ1v) is 16.5. The highest BCUT2D eigenvalue weighted by Gasteiger charge is 2.23. The van der Waals surface area contributed by atoms with Crippen LogP contribution in [-0.4, -0.2) is 9.55 Å². The predicted octanol–water partition coefficient (Wildman–Crippen LogP) is 12.4. The van der Waals surface area contributed by atoms with Crippen LogP contribution in [0.2, 0.25) is 0 Å². The van der Waals surface area contributed by atoms with E-state index in [1.807, 2.05) is 12.3 Å². The van der Waals surface area contributed by atoms with Gasteiger partial charge in [0.1, 0.15) is 5.58 Å². The molecule has 0 atom stereocenters. The second-order valence-electron chi connectivity index (χ2n) is 12.4. The highest BCUT2D eigenvalue weighted by Crippen LogP contribution is 2.44. The van der Waals surface area contributed by atoms with Crippen LogP contribution in [0, 0.1) is 0 Å². The van der Waals surface area contributed by atoms with Crippen LogP contribution < -0.4 is 4.90 Å². The summed E-state index contributed by atoms with van der Waals surface area (Å²) in [5.41, 5.74) is 9.40. The summed E-state index contributed by atoms with van der Waals surface area (Å²) in [5, 5.41) is 6.83. The van der Waals surface area contributed by atoms with Gasteiger partial charge in [0, 0.05) is 44.8 Å². The Morgan fingerprint density at radius 1 is 0.469 bits per heavy atom. The zero-order chi connectivity index (χ0) is 32.3. The molecule has 0 spiro atoms. The van der Waals surface area contributed by atoms with Gasteiger partial charge in [0.05, 0.1) is 11.0 Å². The lowest BCUT2D eigenvalue weighted by atomic mass is 10.0. The molecule has 10 aromatic rings. The first-order valence-electron chi connectivity index (χ1n) is 16.5. The molecule has 49 heavy (non-hydrogen) atoms. The number of nitrogens with zero attached hydrogens (tertiary/aromatic N) is 3. The Kier molecular flexibility index (Phi) is 6.15. The molecule has 0 saturated heterocycles. The van der Waals surface area contributed by atoms with Crippen LogP contribution in [-0.2, 0) is 0 Å². The van der Waals surface area contributed by atoms with Gasteiger partial charge in [0.15, 0.2) is 11.4 Å². The molecule has 4 heteroatoms. The van der Waals surface area contributed by atoms with E-state index in [1.165, 1.54) is 27.2 Å². The van der Waals surface area contributed by atoms with Gasteiger partial charge in [-0.05, 0) is 88.6 Å². The Morgan fingerprint density at radius 3 is 1.94 bits per heavy atom. The fraction of sp³-hybridized carbons (Fsp3) is 0. The zero-order valence-corrected chi connectivity index (χ0v) is 26.5. The number of benzene rings is 7. The van der Waals surface area contributed by atoms with E-state index in [0.29, 0.717) is 0 Å². The van der Waals surface area contributed by atoms with E-state index >= 15 is 0 Å². The molecule has 230 valence electrons. The third-order valence-electron chi connectivity index (χ3n) is 9.61. The average molecular weight is 628 g/mol. The Labute approximate surface area is 282 Å². The summed E-state index contributed by atoms with van der Waals surface area (Å²) in [4.78, 5) is 7.26. The van der Waals surface area contributed by atoms with E-state index in [9.17, 15) is 0 Å². The van der Waals surface area contributed by atoms with Crippen LogP contribution in [0.15, 0.2) is 180 Å². The highest BCUT2D eigenvalue weighted by atomic mass is 16.3. The van der Waals surface area contributed by atoms with Gasteiger partial charge in [-0.25, -0.2) is 4.98 Å². The molecule has 0 aliphatic rings. The molecule has 0 unspecified atom stereocenters. The Hall–Kier alpha value is -6.65. The van der Waals surface area contributed by atoms with Crippen molar-refractivity contribution in [2.45, 2.75) is 0 Å². The molecule has 0 N–H and O–H groups in total. The highest BCUT2D eigenvalue weighted by molar-refractivity contribution is 6.14. The van der Waals surface area contributed by atoms with Crippen LogP contribution in [0.1, 0.15) is 0 Å². The smallest absolute Gasteiger partial charge is 0.181 e. The number of furan rings is 1. The van der Waals surface area contributed by atoms with E-state index < -0.39 is 0 Å². The van der Waals surface area contributed by atoms with Gasteiger partial charge in [0.2, 0.25) is 0 Å². The van der Waals surface area contributed by atoms with Gasteiger partial charge >= 0.3 is 0 Å². The van der Waals surface area contributed by atoms with E-state index in [2.05, 4.69) is 173 Å². The fourth-order valence-electron chi connectivity index (χ4n) is 7.32. The number of aromatic nitrogens is 2. The third kappa shape index (κ3) is 4.42. The topological polar surface area (TPSA) is 34.2 Å². The van der Waals surface area contributed by atoms with E-state index in [0.717, 1.165) is 61.3 Å². The van der Waals surface area contributed by atoms with Gasteiger partial charge in [-0.1, -0.05) is 103 Å². The fourth-order valence-corrected chi connectivity index (χ4v) is 7.32. The Balaban J connectivity index is 1.22. The maximum absolute atomic E-state index is 6.72. The number of rotatable bonds is 5. The van der Waals surface area contributed by atoms with Crippen molar-refractivity contribution in [3.05, 3.63) is 176 Å². The number of para-hydroxylation sites is 2. The standard InChI is InChI=1S/C45H29N3O/c1-3-11-30(12-4-1)31-19-21-35(22-20-31)47(45-44-38(25-26-46-45)40-27-32-13-7-8-14-33(32)28-43(40)49-44)36-23-24-42-39(29-36)37-17-9-10-18-41(37)48(42)34-15-5-2-6-16-34/h1-29H. The first kappa shape index (κ1) is 27.5. The molecular weight excluding hydrogens is 599 g/mol. The molecule has 0 bridgehead atoms. The van der Waals surface area contributed by atoms with Crippen molar-refractivity contribution in [1.82, 2.24) is 9.55 Å². The first-order chi connectivity index (χ1) is 24.3. The molecule has 0 saturated carbocycles. The maximum atomic E-state index is 6.72. The van der Waals surface area contributed by atoms with Crippen molar-refractivity contribution in [2.24, 2.45) is 0 Å². The number of pyridine rings is 1. The Morgan fingerprint density at radius 2 is 1.12 bits per heavy atom. The van der Waals surface area contributed by atoms with E-state index in [1.54, 1.807) is 0 Å². The maximum Gasteiger partial charge on any atom is 0.181 e. The molecule has 0 aliphatic carbocycles. The quantitative estimate of drug-likeness (QED) is 0.190. The predicted molar refractivity (Wildman–Crippen MR) is 203 cm³/mol. The minimum Gasteiger partial charge on any atom is -0.452 e. The summed E-state index contributed by atoms with van der Waals surface area (Å²) in [6, 6.07) is 60.0. The minimum absolute atomic E-state index is 0.747. The van der Waals surface area contributed by atoms with Crippen molar-refractivity contribution in [3.63, 3.8) is 0 Å². The average Bonchev–Trinajstić information content (AvgIpc) is 3.70.